The molecule has 0 radical (unpaired) electrons. The van der Waals surface area contributed by atoms with E-state index in [-0.39, 0.29) is 0 Å². The molecule has 1 aromatic rings. The van der Waals surface area contributed by atoms with Crippen LogP contribution in [0.3, 0.4) is 0 Å². The molecule has 0 fully saturated rings. The Morgan fingerprint density at radius 2 is 1.78 bits per heavy atom. The van der Waals surface area contributed by atoms with Gasteiger partial charge in [-0.1, -0.05) is 37.6 Å². The second-order valence-corrected chi connectivity index (χ2v) is 5.91. The summed E-state index contributed by atoms with van der Waals surface area (Å²) >= 11 is 0. The standard InChI is InChI=1S/C16H28N2/c1-11(2)15(10-17)16(18(5)6)14-8-7-12(3)9-13(14)4/h7-9,11,15-16H,10,17H2,1-6H3. The monoisotopic (exact) mass is 248 g/mol. The molecule has 2 atom stereocenters. The molecular weight excluding hydrogens is 220 g/mol. The van der Waals surface area contributed by atoms with E-state index < -0.39 is 0 Å². The predicted octanol–water partition coefficient (Wildman–Crippen LogP) is 3.14. The number of hydrogen-bond acceptors (Lipinski definition) is 2. The second kappa shape index (κ2) is 6.35. The van der Waals surface area contributed by atoms with Crippen molar-refractivity contribution in [2.24, 2.45) is 17.6 Å². The molecule has 1 rings (SSSR count). The highest BCUT2D eigenvalue weighted by Crippen LogP contribution is 2.33. The number of benzene rings is 1. The van der Waals surface area contributed by atoms with Gasteiger partial charge >= 0.3 is 0 Å². The summed E-state index contributed by atoms with van der Waals surface area (Å²) < 4.78 is 0. The topological polar surface area (TPSA) is 29.3 Å². The van der Waals surface area contributed by atoms with Crippen LogP contribution in [0.4, 0.5) is 0 Å². The zero-order valence-corrected chi connectivity index (χ0v) is 12.7. The molecule has 1 aromatic carbocycles. The molecule has 2 N–H and O–H groups in total. The van der Waals surface area contributed by atoms with Crippen LogP contribution in [-0.2, 0) is 0 Å². The number of rotatable bonds is 5. The molecule has 0 amide bonds. The molecule has 0 aromatic heterocycles. The smallest absolute Gasteiger partial charge is 0.0387 e. The summed E-state index contributed by atoms with van der Waals surface area (Å²) in [5.41, 5.74) is 10.1. The molecule has 0 saturated carbocycles. The zero-order chi connectivity index (χ0) is 13.9. The van der Waals surface area contributed by atoms with Crippen LogP contribution in [0.1, 0.15) is 36.6 Å². The van der Waals surface area contributed by atoms with Crippen molar-refractivity contribution in [3.8, 4) is 0 Å². The maximum Gasteiger partial charge on any atom is 0.0387 e. The molecule has 0 aliphatic rings. The van der Waals surface area contributed by atoms with E-state index in [9.17, 15) is 0 Å². The molecule has 0 heterocycles. The van der Waals surface area contributed by atoms with E-state index >= 15 is 0 Å². The molecule has 2 nitrogen and oxygen atoms in total. The van der Waals surface area contributed by atoms with Crippen molar-refractivity contribution >= 4 is 0 Å². The molecule has 102 valence electrons. The molecule has 2 unspecified atom stereocenters. The molecule has 0 aliphatic carbocycles. The molecule has 0 spiro atoms. The Bertz CT molecular complexity index is 383. The van der Waals surface area contributed by atoms with Gasteiger partial charge in [-0.3, -0.25) is 0 Å². The predicted molar refractivity (Wildman–Crippen MR) is 79.7 cm³/mol. The van der Waals surface area contributed by atoms with Crippen molar-refractivity contribution in [2.75, 3.05) is 20.6 Å². The summed E-state index contributed by atoms with van der Waals surface area (Å²) in [5, 5.41) is 0. The van der Waals surface area contributed by atoms with Gasteiger partial charge in [0.1, 0.15) is 0 Å². The van der Waals surface area contributed by atoms with Crippen molar-refractivity contribution in [1.82, 2.24) is 4.90 Å². The van der Waals surface area contributed by atoms with Gasteiger partial charge in [-0.05, 0) is 57.5 Å². The van der Waals surface area contributed by atoms with Crippen LogP contribution in [0.2, 0.25) is 0 Å². The van der Waals surface area contributed by atoms with E-state index in [0.717, 1.165) is 6.54 Å². The lowest BCUT2D eigenvalue weighted by Crippen LogP contribution is -2.35. The second-order valence-electron chi connectivity index (χ2n) is 5.91. The number of nitrogens with two attached hydrogens (primary N) is 1. The lowest BCUT2D eigenvalue weighted by molar-refractivity contribution is 0.175. The minimum atomic E-state index is 0.399. The fourth-order valence-electron chi connectivity index (χ4n) is 2.81. The van der Waals surface area contributed by atoms with Crippen LogP contribution in [0.25, 0.3) is 0 Å². The SMILES string of the molecule is Cc1ccc(C(C(CN)C(C)C)N(C)C)c(C)c1. The van der Waals surface area contributed by atoms with Gasteiger partial charge in [0.05, 0.1) is 0 Å². The Balaban J connectivity index is 3.19. The summed E-state index contributed by atoms with van der Waals surface area (Å²) in [7, 11) is 4.30. The summed E-state index contributed by atoms with van der Waals surface area (Å²) in [6.45, 7) is 9.60. The quantitative estimate of drug-likeness (QED) is 0.867. The number of aryl methyl sites for hydroxylation is 2. The minimum absolute atomic E-state index is 0.399. The van der Waals surface area contributed by atoms with Gasteiger partial charge in [-0.25, -0.2) is 0 Å². The first-order valence-electron chi connectivity index (χ1n) is 6.82. The number of nitrogens with zero attached hydrogens (tertiary/aromatic N) is 1. The van der Waals surface area contributed by atoms with Gasteiger partial charge in [0.2, 0.25) is 0 Å². The van der Waals surface area contributed by atoms with Gasteiger partial charge in [0.25, 0.3) is 0 Å². The van der Waals surface area contributed by atoms with Crippen molar-refractivity contribution in [1.29, 1.82) is 0 Å². The third kappa shape index (κ3) is 3.33. The van der Waals surface area contributed by atoms with E-state index in [1.54, 1.807) is 0 Å². The average molecular weight is 248 g/mol. The normalized spacial score (nSPS) is 15.2. The van der Waals surface area contributed by atoms with Gasteiger partial charge in [0.15, 0.2) is 0 Å². The Hall–Kier alpha value is -0.860. The largest absolute Gasteiger partial charge is 0.330 e. The average Bonchev–Trinajstić information content (AvgIpc) is 2.26. The van der Waals surface area contributed by atoms with E-state index in [4.69, 9.17) is 5.73 Å². The fourth-order valence-corrected chi connectivity index (χ4v) is 2.81. The molecular formula is C16H28N2. The lowest BCUT2D eigenvalue weighted by atomic mass is 9.82. The van der Waals surface area contributed by atoms with Gasteiger partial charge < -0.3 is 10.6 Å². The first-order chi connectivity index (χ1) is 8.38. The van der Waals surface area contributed by atoms with Crippen molar-refractivity contribution in [3.05, 3.63) is 34.9 Å². The summed E-state index contributed by atoms with van der Waals surface area (Å²) in [6, 6.07) is 7.13. The fraction of sp³-hybridized carbons (Fsp3) is 0.625. The molecule has 0 saturated heterocycles. The summed E-state index contributed by atoms with van der Waals surface area (Å²) in [4.78, 5) is 2.30. The molecule has 18 heavy (non-hydrogen) atoms. The summed E-state index contributed by atoms with van der Waals surface area (Å²) in [5.74, 6) is 1.07. The number of hydrogen-bond donors (Lipinski definition) is 1. The van der Waals surface area contributed by atoms with E-state index in [1.165, 1.54) is 16.7 Å². The van der Waals surface area contributed by atoms with Gasteiger partial charge in [0, 0.05) is 6.04 Å². The minimum Gasteiger partial charge on any atom is -0.330 e. The third-order valence-electron chi connectivity index (χ3n) is 3.83. The molecule has 0 aliphatic heterocycles. The van der Waals surface area contributed by atoms with Crippen molar-refractivity contribution < 1.29 is 0 Å². The van der Waals surface area contributed by atoms with E-state index in [1.807, 2.05) is 0 Å². The highest BCUT2D eigenvalue weighted by Gasteiger charge is 2.27. The Kier molecular flexibility index (Phi) is 5.36. The zero-order valence-electron chi connectivity index (χ0n) is 12.7. The first-order valence-corrected chi connectivity index (χ1v) is 6.82. The van der Waals surface area contributed by atoms with E-state index in [2.05, 4.69) is 64.9 Å². The van der Waals surface area contributed by atoms with Crippen molar-refractivity contribution in [2.45, 2.75) is 33.7 Å². The van der Waals surface area contributed by atoms with Crippen LogP contribution >= 0.6 is 0 Å². The van der Waals surface area contributed by atoms with Crippen LogP contribution in [0, 0.1) is 25.7 Å². The highest BCUT2D eigenvalue weighted by molar-refractivity contribution is 5.33. The van der Waals surface area contributed by atoms with Crippen LogP contribution in [-0.4, -0.2) is 25.5 Å². The van der Waals surface area contributed by atoms with Gasteiger partial charge in [-0.15, -0.1) is 0 Å². The third-order valence-corrected chi connectivity index (χ3v) is 3.83. The maximum absolute atomic E-state index is 6.00. The summed E-state index contributed by atoms with van der Waals surface area (Å²) in [6.07, 6.45) is 0. The molecule has 0 bridgehead atoms. The van der Waals surface area contributed by atoms with Crippen molar-refractivity contribution in [3.63, 3.8) is 0 Å². The van der Waals surface area contributed by atoms with Crippen LogP contribution < -0.4 is 5.73 Å². The van der Waals surface area contributed by atoms with Crippen LogP contribution in [0.5, 0.6) is 0 Å². The Morgan fingerprint density at radius 3 is 2.17 bits per heavy atom. The first kappa shape index (κ1) is 15.2. The van der Waals surface area contributed by atoms with Crippen LogP contribution in [0.15, 0.2) is 18.2 Å². The highest BCUT2D eigenvalue weighted by atomic mass is 15.1. The lowest BCUT2D eigenvalue weighted by Gasteiger charge is -2.35. The Labute approximate surface area is 112 Å². The Morgan fingerprint density at radius 1 is 1.17 bits per heavy atom. The maximum atomic E-state index is 6.00. The molecule has 2 heteroatoms. The van der Waals surface area contributed by atoms with E-state index in [0.29, 0.717) is 17.9 Å². The van der Waals surface area contributed by atoms with Gasteiger partial charge in [-0.2, -0.15) is 0 Å².